The van der Waals surface area contributed by atoms with Gasteiger partial charge < -0.3 is 19.5 Å². The van der Waals surface area contributed by atoms with Gasteiger partial charge >= 0.3 is 0 Å². The predicted octanol–water partition coefficient (Wildman–Crippen LogP) is 1.78. The van der Waals surface area contributed by atoms with Crippen LogP contribution in [0.2, 0.25) is 0 Å². The molecule has 5 nitrogen and oxygen atoms in total. The Hall–Kier alpha value is -1.75. The van der Waals surface area contributed by atoms with Gasteiger partial charge in [-0.2, -0.15) is 0 Å². The number of carbonyl (C=O) groups is 1. The van der Waals surface area contributed by atoms with E-state index in [0.29, 0.717) is 23.7 Å². The first kappa shape index (κ1) is 15.3. The Morgan fingerprint density at radius 3 is 2.16 bits per heavy atom. The topological polar surface area (TPSA) is 56.8 Å². The Labute approximate surface area is 113 Å². The van der Waals surface area contributed by atoms with E-state index in [9.17, 15) is 4.79 Å². The average molecular weight is 267 g/mol. The van der Waals surface area contributed by atoms with Gasteiger partial charge in [-0.3, -0.25) is 4.79 Å². The van der Waals surface area contributed by atoms with Crippen LogP contribution in [0.4, 0.5) is 0 Å². The van der Waals surface area contributed by atoms with Crippen molar-refractivity contribution in [3.05, 3.63) is 23.3 Å². The average Bonchev–Trinajstić information content (AvgIpc) is 2.39. The highest BCUT2D eigenvalue weighted by Crippen LogP contribution is 2.29. The van der Waals surface area contributed by atoms with Crippen LogP contribution in [-0.2, 0) is 4.74 Å². The molecule has 1 unspecified atom stereocenters. The van der Waals surface area contributed by atoms with Crippen molar-refractivity contribution in [2.45, 2.75) is 19.9 Å². The lowest BCUT2D eigenvalue weighted by atomic mass is 10.1. The van der Waals surface area contributed by atoms with E-state index in [0.717, 1.165) is 5.56 Å². The minimum atomic E-state index is -0.179. The third kappa shape index (κ3) is 3.86. The quantitative estimate of drug-likeness (QED) is 0.853. The first-order valence-corrected chi connectivity index (χ1v) is 6.05. The summed E-state index contributed by atoms with van der Waals surface area (Å²) in [5.41, 5.74) is 1.37. The lowest BCUT2D eigenvalue weighted by Crippen LogP contribution is -2.35. The van der Waals surface area contributed by atoms with Crippen LogP contribution in [0, 0.1) is 6.92 Å². The lowest BCUT2D eigenvalue weighted by Gasteiger charge is -2.15. The van der Waals surface area contributed by atoms with E-state index < -0.39 is 0 Å². The van der Waals surface area contributed by atoms with Gasteiger partial charge in [0.05, 0.1) is 20.8 Å². The first-order chi connectivity index (χ1) is 9.03. The summed E-state index contributed by atoms with van der Waals surface area (Å²) in [6.07, 6.45) is 0. The van der Waals surface area contributed by atoms with Crippen LogP contribution in [0.15, 0.2) is 12.1 Å². The summed E-state index contributed by atoms with van der Waals surface area (Å²) in [7, 11) is 4.73. The van der Waals surface area contributed by atoms with Crippen molar-refractivity contribution in [3.8, 4) is 11.5 Å². The molecule has 1 aromatic carbocycles. The van der Waals surface area contributed by atoms with E-state index in [4.69, 9.17) is 14.2 Å². The van der Waals surface area contributed by atoms with Gasteiger partial charge in [0, 0.05) is 24.3 Å². The van der Waals surface area contributed by atoms with Gasteiger partial charge in [0.25, 0.3) is 5.91 Å². The summed E-state index contributed by atoms with van der Waals surface area (Å²) < 4.78 is 15.5. The minimum Gasteiger partial charge on any atom is -0.496 e. The van der Waals surface area contributed by atoms with Gasteiger partial charge in [-0.1, -0.05) is 0 Å². The van der Waals surface area contributed by atoms with Crippen LogP contribution in [0.3, 0.4) is 0 Å². The fourth-order valence-electron chi connectivity index (χ4n) is 1.82. The summed E-state index contributed by atoms with van der Waals surface area (Å²) in [4.78, 5) is 12.1. The maximum Gasteiger partial charge on any atom is 0.251 e. The molecule has 0 aromatic heterocycles. The number of methoxy groups -OCH3 is 3. The molecule has 1 amide bonds. The smallest absolute Gasteiger partial charge is 0.251 e. The molecule has 1 atom stereocenters. The summed E-state index contributed by atoms with van der Waals surface area (Å²) in [6, 6.07) is 3.34. The van der Waals surface area contributed by atoms with Crippen molar-refractivity contribution in [1.82, 2.24) is 5.32 Å². The molecule has 1 N–H and O–H groups in total. The van der Waals surface area contributed by atoms with E-state index in [1.54, 1.807) is 33.5 Å². The lowest BCUT2D eigenvalue weighted by molar-refractivity contribution is 0.0905. The van der Waals surface area contributed by atoms with Crippen molar-refractivity contribution >= 4 is 5.91 Å². The maximum absolute atomic E-state index is 12.1. The molecular weight excluding hydrogens is 246 g/mol. The van der Waals surface area contributed by atoms with E-state index in [-0.39, 0.29) is 11.9 Å². The molecule has 19 heavy (non-hydrogen) atoms. The highest BCUT2D eigenvalue weighted by Gasteiger charge is 2.15. The van der Waals surface area contributed by atoms with Gasteiger partial charge in [0.1, 0.15) is 11.5 Å². The molecule has 1 rings (SSSR count). The Morgan fingerprint density at radius 1 is 1.21 bits per heavy atom. The van der Waals surface area contributed by atoms with Crippen LogP contribution in [-0.4, -0.2) is 39.9 Å². The van der Waals surface area contributed by atoms with Crippen LogP contribution >= 0.6 is 0 Å². The number of hydrogen-bond donors (Lipinski definition) is 1. The summed E-state index contributed by atoms with van der Waals surface area (Å²) in [5.74, 6) is 1.08. The highest BCUT2D eigenvalue weighted by atomic mass is 16.5. The molecule has 0 bridgehead atoms. The van der Waals surface area contributed by atoms with Crippen molar-refractivity contribution < 1.29 is 19.0 Å². The van der Waals surface area contributed by atoms with Crippen LogP contribution in [0.25, 0.3) is 0 Å². The zero-order valence-electron chi connectivity index (χ0n) is 12.1. The molecule has 0 aliphatic carbocycles. The summed E-state index contributed by atoms with van der Waals surface area (Å²) in [5, 5.41) is 2.84. The molecule has 106 valence electrons. The fraction of sp³-hybridized carbons (Fsp3) is 0.500. The maximum atomic E-state index is 12.1. The number of amides is 1. The first-order valence-electron chi connectivity index (χ1n) is 6.05. The molecular formula is C14H21NO4. The molecule has 0 aliphatic heterocycles. The molecule has 0 radical (unpaired) electrons. The zero-order valence-corrected chi connectivity index (χ0v) is 12.1. The second kappa shape index (κ2) is 6.99. The number of rotatable bonds is 6. The zero-order chi connectivity index (χ0) is 14.4. The predicted molar refractivity (Wildman–Crippen MR) is 73.1 cm³/mol. The van der Waals surface area contributed by atoms with Gasteiger partial charge in [-0.15, -0.1) is 0 Å². The van der Waals surface area contributed by atoms with Gasteiger partial charge in [-0.25, -0.2) is 0 Å². The summed E-state index contributed by atoms with van der Waals surface area (Å²) >= 11 is 0. The molecule has 0 fully saturated rings. The Balaban J connectivity index is 2.97. The SMILES string of the molecule is COCC(C)NC(=O)c1cc(OC)c(C)c(OC)c1. The molecule has 0 aliphatic rings. The Morgan fingerprint density at radius 2 is 1.74 bits per heavy atom. The number of hydrogen-bond acceptors (Lipinski definition) is 4. The third-order valence-corrected chi connectivity index (χ3v) is 2.81. The van der Waals surface area contributed by atoms with E-state index in [2.05, 4.69) is 5.32 Å². The van der Waals surface area contributed by atoms with Crippen molar-refractivity contribution in [2.24, 2.45) is 0 Å². The highest BCUT2D eigenvalue weighted by molar-refractivity contribution is 5.95. The normalized spacial score (nSPS) is 11.8. The van der Waals surface area contributed by atoms with Crippen molar-refractivity contribution in [2.75, 3.05) is 27.9 Å². The molecule has 0 saturated carbocycles. The number of nitrogens with one attached hydrogen (secondary N) is 1. The van der Waals surface area contributed by atoms with E-state index >= 15 is 0 Å². The van der Waals surface area contributed by atoms with E-state index in [1.807, 2.05) is 13.8 Å². The molecule has 0 heterocycles. The van der Waals surface area contributed by atoms with Crippen molar-refractivity contribution in [3.63, 3.8) is 0 Å². The largest absolute Gasteiger partial charge is 0.496 e. The summed E-state index contributed by atoms with van der Waals surface area (Å²) in [6.45, 7) is 4.23. The molecule has 1 aromatic rings. The number of ether oxygens (including phenoxy) is 3. The molecule has 0 spiro atoms. The van der Waals surface area contributed by atoms with Gasteiger partial charge in [0.15, 0.2) is 0 Å². The Bertz CT molecular complexity index is 420. The van der Waals surface area contributed by atoms with Crippen LogP contribution < -0.4 is 14.8 Å². The van der Waals surface area contributed by atoms with Crippen LogP contribution in [0.1, 0.15) is 22.8 Å². The van der Waals surface area contributed by atoms with Gasteiger partial charge in [0.2, 0.25) is 0 Å². The monoisotopic (exact) mass is 267 g/mol. The van der Waals surface area contributed by atoms with Crippen molar-refractivity contribution in [1.29, 1.82) is 0 Å². The third-order valence-electron chi connectivity index (χ3n) is 2.81. The second-order valence-electron chi connectivity index (χ2n) is 4.34. The van der Waals surface area contributed by atoms with Gasteiger partial charge in [-0.05, 0) is 26.0 Å². The van der Waals surface area contributed by atoms with Crippen LogP contribution in [0.5, 0.6) is 11.5 Å². The standard InChI is InChI=1S/C14H21NO4/c1-9(8-17-3)15-14(16)11-6-12(18-4)10(2)13(7-11)19-5/h6-7,9H,8H2,1-5H3,(H,15,16). The molecule has 5 heteroatoms. The fourth-order valence-corrected chi connectivity index (χ4v) is 1.82. The number of carbonyl (C=O) groups excluding carboxylic acids is 1. The Kier molecular flexibility index (Phi) is 5.63. The minimum absolute atomic E-state index is 0.0595. The number of benzene rings is 1. The second-order valence-corrected chi connectivity index (χ2v) is 4.34. The molecule has 0 saturated heterocycles. The van der Waals surface area contributed by atoms with E-state index in [1.165, 1.54) is 0 Å².